The van der Waals surface area contributed by atoms with Crippen molar-refractivity contribution in [2.45, 2.75) is 19.6 Å². The van der Waals surface area contributed by atoms with Crippen molar-refractivity contribution in [1.82, 2.24) is 4.98 Å². The molecule has 0 aromatic carbocycles. The van der Waals surface area contributed by atoms with Crippen LogP contribution in [0.3, 0.4) is 0 Å². The highest BCUT2D eigenvalue weighted by molar-refractivity contribution is 6.88. The summed E-state index contributed by atoms with van der Waals surface area (Å²) in [5, 5.41) is 1.85. The van der Waals surface area contributed by atoms with Crippen molar-refractivity contribution < 1.29 is 4.74 Å². The molecule has 0 bridgehead atoms. The first-order valence-corrected chi connectivity index (χ1v) is 8.03. The summed E-state index contributed by atoms with van der Waals surface area (Å²) >= 11 is 5.97. The molecule has 0 atom stereocenters. The van der Waals surface area contributed by atoms with Crippen LogP contribution in [-0.2, 0) is 0 Å². The normalized spacial score (nSPS) is 11.5. The number of aromatic nitrogens is 1. The monoisotopic (exact) mass is 215 g/mol. The Morgan fingerprint density at radius 1 is 1.38 bits per heavy atom. The Hall–Kier alpha value is -0.543. The average molecular weight is 216 g/mol. The van der Waals surface area contributed by atoms with Crippen molar-refractivity contribution in [3.05, 3.63) is 17.3 Å². The number of pyridine rings is 1. The molecule has 1 aromatic rings. The Kier molecular flexibility index (Phi) is 2.98. The summed E-state index contributed by atoms with van der Waals surface area (Å²) in [7, 11) is 0.269. The van der Waals surface area contributed by atoms with Crippen LogP contribution in [-0.4, -0.2) is 20.2 Å². The van der Waals surface area contributed by atoms with Crippen LogP contribution in [0, 0.1) is 0 Å². The van der Waals surface area contributed by atoms with Crippen LogP contribution in [0.2, 0.25) is 24.7 Å². The zero-order chi connectivity index (χ0) is 10.1. The summed E-state index contributed by atoms with van der Waals surface area (Å²) < 4.78 is 4.99. The lowest BCUT2D eigenvalue weighted by atomic mass is 10.5. The van der Waals surface area contributed by atoms with Gasteiger partial charge in [0, 0.05) is 6.20 Å². The molecule has 4 heteroatoms. The molecule has 1 heterocycles. The van der Waals surface area contributed by atoms with Gasteiger partial charge in [-0.3, -0.25) is 0 Å². The summed E-state index contributed by atoms with van der Waals surface area (Å²) in [5.41, 5.74) is 0. The van der Waals surface area contributed by atoms with Gasteiger partial charge in [0.1, 0.15) is 5.02 Å². The fourth-order valence-corrected chi connectivity index (χ4v) is 2.35. The third kappa shape index (κ3) is 2.45. The second-order valence-electron chi connectivity index (χ2n) is 3.97. The largest absolute Gasteiger partial charge is 0.480 e. The predicted molar refractivity (Wildman–Crippen MR) is 58.8 cm³/mol. The minimum Gasteiger partial charge on any atom is -0.480 e. The zero-order valence-corrected chi connectivity index (χ0v) is 10.1. The molecule has 0 saturated carbocycles. The Morgan fingerprint density at radius 2 is 2.00 bits per heavy atom. The fourth-order valence-electron chi connectivity index (χ4n) is 0.986. The van der Waals surface area contributed by atoms with E-state index in [0.29, 0.717) is 10.9 Å². The van der Waals surface area contributed by atoms with Crippen molar-refractivity contribution >= 4 is 24.9 Å². The molecule has 0 saturated heterocycles. The van der Waals surface area contributed by atoms with E-state index in [0.717, 1.165) is 0 Å². The molecule has 72 valence electrons. The lowest BCUT2D eigenvalue weighted by Gasteiger charge is -2.16. The van der Waals surface area contributed by atoms with Crippen LogP contribution >= 0.6 is 11.6 Å². The number of halogens is 1. The van der Waals surface area contributed by atoms with Crippen LogP contribution in [0.5, 0.6) is 5.88 Å². The summed E-state index contributed by atoms with van der Waals surface area (Å²) in [5.74, 6) is 0.503. The molecular weight excluding hydrogens is 202 g/mol. The Morgan fingerprint density at radius 3 is 2.38 bits per heavy atom. The van der Waals surface area contributed by atoms with Crippen LogP contribution in [0.25, 0.3) is 0 Å². The van der Waals surface area contributed by atoms with Gasteiger partial charge in [-0.2, -0.15) is 0 Å². The molecule has 0 spiro atoms. The van der Waals surface area contributed by atoms with Gasteiger partial charge >= 0.3 is 0 Å². The van der Waals surface area contributed by atoms with Gasteiger partial charge in [-0.1, -0.05) is 31.2 Å². The molecule has 2 nitrogen and oxygen atoms in total. The van der Waals surface area contributed by atoms with E-state index >= 15 is 0 Å². The highest BCUT2D eigenvalue weighted by Crippen LogP contribution is 2.19. The molecule has 0 N–H and O–H groups in total. The molecule has 0 fully saturated rings. The fraction of sp³-hybridized carbons (Fsp3) is 0.444. The number of hydrogen-bond acceptors (Lipinski definition) is 2. The van der Waals surface area contributed by atoms with Crippen molar-refractivity contribution in [2.24, 2.45) is 0 Å². The van der Waals surface area contributed by atoms with Crippen molar-refractivity contribution in [2.75, 3.05) is 7.11 Å². The molecule has 0 amide bonds. The number of nitrogens with zero attached hydrogens (tertiary/aromatic N) is 1. The van der Waals surface area contributed by atoms with Gasteiger partial charge in [-0.25, -0.2) is 4.98 Å². The van der Waals surface area contributed by atoms with Crippen molar-refractivity contribution in [1.29, 1.82) is 0 Å². The van der Waals surface area contributed by atoms with Gasteiger partial charge in [0.25, 0.3) is 0 Å². The molecule has 0 aliphatic rings. The summed E-state index contributed by atoms with van der Waals surface area (Å²) in [4.78, 5) is 4.14. The zero-order valence-electron chi connectivity index (χ0n) is 8.39. The summed E-state index contributed by atoms with van der Waals surface area (Å²) in [6, 6.07) is 1.96. The quantitative estimate of drug-likeness (QED) is 0.707. The van der Waals surface area contributed by atoms with Gasteiger partial charge in [-0.05, 0) is 11.3 Å². The van der Waals surface area contributed by atoms with Crippen molar-refractivity contribution in [3.8, 4) is 5.88 Å². The van der Waals surface area contributed by atoms with Gasteiger partial charge < -0.3 is 4.74 Å². The topological polar surface area (TPSA) is 22.1 Å². The highest BCUT2D eigenvalue weighted by atomic mass is 35.5. The number of hydrogen-bond donors (Lipinski definition) is 0. The van der Waals surface area contributed by atoms with E-state index in [-0.39, 0.29) is 0 Å². The lowest BCUT2D eigenvalue weighted by molar-refractivity contribution is 0.398. The van der Waals surface area contributed by atoms with Gasteiger partial charge in [-0.15, -0.1) is 0 Å². The van der Waals surface area contributed by atoms with Crippen LogP contribution in [0.1, 0.15) is 0 Å². The highest BCUT2D eigenvalue weighted by Gasteiger charge is 2.18. The van der Waals surface area contributed by atoms with E-state index in [4.69, 9.17) is 16.3 Å². The summed E-state index contributed by atoms with van der Waals surface area (Å²) in [6.45, 7) is 6.77. The number of methoxy groups -OCH3 is 1. The summed E-state index contributed by atoms with van der Waals surface area (Å²) in [6.07, 6.45) is 1.86. The minimum atomic E-state index is -1.30. The van der Waals surface area contributed by atoms with E-state index in [9.17, 15) is 0 Å². The standard InChI is InChI=1S/C9H14ClNOSi/c1-12-9-8(10)5-7(6-11-9)13(2,3)4/h5-6H,1-4H3. The maximum Gasteiger partial charge on any atom is 0.232 e. The molecule has 1 aromatic heterocycles. The molecule has 0 unspecified atom stereocenters. The maximum absolute atomic E-state index is 5.97. The van der Waals surface area contributed by atoms with E-state index in [1.807, 2.05) is 12.3 Å². The third-order valence-corrected chi connectivity index (χ3v) is 4.14. The maximum atomic E-state index is 5.97. The number of ether oxygens (including phenoxy) is 1. The van der Waals surface area contributed by atoms with Crippen LogP contribution in [0.15, 0.2) is 12.3 Å². The second kappa shape index (κ2) is 3.68. The van der Waals surface area contributed by atoms with Crippen molar-refractivity contribution in [3.63, 3.8) is 0 Å². The minimum absolute atomic E-state index is 0.503. The molecule has 0 aliphatic heterocycles. The Balaban J connectivity index is 3.10. The predicted octanol–water partition coefficient (Wildman–Crippen LogP) is 2.29. The van der Waals surface area contributed by atoms with Gasteiger partial charge in [0.2, 0.25) is 5.88 Å². The van der Waals surface area contributed by atoms with E-state index in [1.54, 1.807) is 7.11 Å². The first-order chi connectivity index (χ1) is 5.95. The van der Waals surface area contributed by atoms with E-state index in [1.165, 1.54) is 5.19 Å². The van der Waals surface area contributed by atoms with E-state index in [2.05, 4.69) is 24.6 Å². The van der Waals surface area contributed by atoms with Gasteiger partial charge in [0.15, 0.2) is 0 Å². The third-order valence-electron chi connectivity index (χ3n) is 1.87. The van der Waals surface area contributed by atoms with Crippen LogP contribution in [0.4, 0.5) is 0 Å². The Labute approximate surface area is 84.9 Å². The molecule has 0 aliphatic carbocycles. The molecule has 1 rings (SSSR count). The molecular formula is C9H14ClNOSi. The first-order valence-electron chi connectivity index (χ1n) is 4.15. The van der Waals surface area contributed by atoms with Crippen LogP contribution < -0.4 is 9.92 Å². The smallest absolute Gasteiger partial charge is 0.232 e. The molecule has 13 heavy (non-hydrogen) atoms. The molecule has 0 radical (unpaired) electrons. The van der Waals surface area contributed by atoms with E-state index < -0.39 is 8.07 Å². The van der Waals surface area contributed by atoms with Gasteiger partial charge in [0.05, 0.1) is 15.2 Å². The first kappa shape index (κ1) is 10.5. The Bertz CT molecular complexity index is 309. The average Bonchev–Trinajstić information content (AvgIpc) is 2.02. The second-order valence-corrected chi connectivity index (χ2v) is 9.45. The number of rotatable bonds is 2. The SMILES string of the molecule is COc1ncc([Si](C)(C)C)cc1Cl. The lowest BCUT2D eigenvalue weighted by Crippen LogP contribution is -2.37.